The monoisotopic (exact) mass is 170 g/mol. The highest BCUT2D eigenvalue weighted by atomic mass is 16.2. The fraction of sp³-hybridized carbons (Fsp3) is 0.889. The van der Waals surface area contributed by atoms with Gasteiger partial charge in [-0.1, -0.05) is 0 Å². The largest absolute Gasteiger partial charge is 0.342 e. The fourth-order valence-electron chi connectivity index (χ4n) is 1.65. The Labute approximate surface area is 74.1 Å². The highest BCUT2D eigenvalue weighted by Gasteiger charge is 2.24. The van der Waals surface area contributed by atoms with Crippen LogP contribution in [0.4, 0.5) is 0 Å². The van der Waals surface area contributed by atoms with Crippen LogP contribution in [0.25, 0.3) is 0 Å². The minimum Gasteiger partial charge on any atom is -0.342 e. The van der Waals surface area contributed by atoms with E-state index < -0.39 is 0 Å². The average Bonchev–Trinajstić information content (AvgIpc) is 2.58. The summed E-state index contributed by atoms with van der Waals surface area (Å²) in [5, 5.41) is 3.21. The zero-order valence-electron chi connectivity index (χ0n) is 7.97. The summed E-state index contributed by atoms with van der Waals surface area (Å²) in [4.78, 5) is 13.6. The molecule has 0 aromatic carbocycles. The van der Waals surface area contributed by atoms with Gasteiger partial charge >= 0.3 is 0 Å². The second kappa shape index (κ2) is 4.45. The molecule has 0 aromatic rings. The van der Waals surface area contributed by atoms with E-state index >= 15 is 0 Å². The van der Waals surface area contributed by atoms with E-state index in [4.69, 9.17) is 0 Å². The van der Waals surface area contributed by atoms with Crippen LogP contribution >= 0.6 is 0 Å². The van der Waals surface area contributed by atoms with E-state index in [2.05, 4.69) is 5.32 Å². The molecule has 0 bridgehead atoms. The standard InChI is InChI=1S/C9H18N2O/c1-3-11(4-2)9(12)8-6-5-7-10-8/h8,10H,3-7H2,1-2H3/t8-/m0/s1. The van der Waals surface area contributed by atoms with Crippen LogP contribution in [-0.4, -0.2) is 36.5 Å². The van der Waals surface area contributed by atoms with E-state index in [0.29, 0.717) is 0 Å². The molecule has 1 fully saturated rings. The maximum absolute atomic E-state index is 11.7. The number of amides is 1. The van der Waals surface area contributed by atoms with Crippen LogP contribution in [-0.2, 0) is 4.79 Å². The molecule has 1 saturated heterocycles. The molecule has 1 amide bonds. The summed E-state index contributed by atoms with van der Waals surface area (Å²) >= 11 is 0. The summed E-state index contributed by atoms with van der Waals surface area (Å²) in [6, 6.07) is 0.102. The van der Waals surface area contributed by atoms with E-state index in [9.17, 15) is 4.79 Å². The molecule has 1 aliphatic heterocycles. The number of carbonyl (C=O) groups excluding carboxylic acids is 1. The van der Waals surface area contributed by atoms with Gasteiger partial charge in [0.1, 0.15) is 0 Å². The third-order valence-electron chi connectivity index (χ3n) is 2.43. The van der Waals surface area contributed by atoms with Gasteiger partial charge in [0.25, 0.3) is 0 Å². The van der Waals surface area contributed by atoms with Crippen LogP contribution < -0.4 is 5.32 Å². The predicted molar refractivity (Wildman–Crippen MR) is 49.0 cm³/mol. The van der Waals surface area contributed by atoms with Crippen molar-refractivity contribution in [1.29, 1.82) is 0 Å². The summed E-state index contributed by atoms with van der Waals surface area (Å²) in [6.07, 6.45) is 2.15. The Balaban J connectivity index is 2.43. The number of carbonyl (C=O) groups is 1. The molecule has 0 aliphatic carbocycles. The van der Waals surface area contributed by atoms with Crippen molar-refractivity contribution in [2.45, 2.75) is 32.7 Å². The number of likely N-dealkylation sites (N-methyl/N-ethyl adjacent to an activating group) is 1. The van der Waals surface area contributed by atoms with Crippen LogP contribution in [0.2, 0.25) is 0 Å². The van der Waals surface area contributed by atoms with E-state index in [1.165, 1.54) is 0 Å². The molecule has 1 N–H and O–H groups in total. The highest BCUT2D eigenvalue weighted by Crippen LogP contribution is 2.07. The van der Waals surface area contributed by atoms with Crippen LogP contribution in [0.1, 0.15) is 26.7 Å². The van der Waals surface area contributed by atoms with Crippen molar-refractivity contribution in [3.05, 3.63) is 0 Å². The number of nitrogens with zero attached hydrogens (tertiary/aromatic N) is 1. The number of nitrogens with one attached hydrogen (secondary N) is 1. The second-order valence-electron chi connectivity index (χ2n) is 3.16. The molecule has 0 spiro atoms. The Bertz CT molecular complexity index is 145. The van der Waals surface area contributed by atoms with Crippen molar-refractivity contribution < 1.29 is 4.79 Å². The zero-order chi connectivity index (χ0) is 8.97. The van der Waals surface area contributed by atoms with Gasteiger partial charge in [0.2, 0.25) is 5.91 Å². The Morgan fingerprint density at radius 2 is 2.17 bits per heavy atom. The van der Waals surface area contributed by atoms with Crippen molar-refractivity contribution in [1.82, 2.24) is 10.2 Å². The van der Waals surface area contributed by atoms with E-state index in [1.54, 1.807) is 0 Å². The molecule has 0 radical (unpaired) electrons. The first-order chi connectivity index (χ1) is 5.79. The minimum atomic E-state index is 0.102. The Hall–Kier alpha value is -0.570. The fourth-order valence-corrected chi connectivity index (χ4v) is 1.65. The second-order valence-corrected chi connectivity index (χ2v) is 3.16. The summed E-state index contributed by atoms with van der Waals surface area (Å²) in [6.45, 7) is 6.70. The molecule has 70 valence electrons. The van der Waals surface area contributed by atoms with Gasteiger partial charge in [-0.05, 0) is 33.2 Å². The number of hydrogen-bond acceptors (Lipinski definition) is 2. The van der Waals surface area contributed by atoms with Crippen LogP contribution in [0, 0.1) is 0 Å². The Morgan fingerprint density at radius 3 is 2.58 bits per heavy atom. The topological polar surface area (TPSA) is 32.3 Å². The Kier molecular flexibility index (Phi) is 3.53. The highest BCUT2D eigenvalue weighted by molar-refractivity contribution is 5.82. The van der Waals surface area contributed by atoms with Crippen molar-refractivity contribution in [2.24, 2.45) is 0 Å². The molecule has 1 aliphatic rings. The smallest absolute Gasteiger partial charge is 0.239 e. The van der Waals surface area contributed by atoms with Gasteiger partial charge in [-0.2, -0.15) is 0 Å². The molecule has 1 atom stereocenters. The summed E-state index contributed by atoms with van der Waals surface area (Å²) in [5.74, 6) is 0.275. The van der Waals surface area contributed by atoms with E-state index in [1.807, 2.05) is 18.7 Å². The number of rotatable bonds is 3. The van der Waals surface area contributed by atoms with Crippen molar-refractivity contribution in [3.8, 4) is 0 Å². The maximum Gasteiger partial charge on any atom is 0.239 e. The van der Waals surface area contributed by atoms with Gasteiger partial charge in [0.15, 0.2) is 0 Å². The van der Waals surface area contributed by atoms with Crippen molar-refractivity contribution in [3.63, 3.8) is 0 Å². The molecule has 1 rings (SSSR count). The maximum atomic E-state index is 11.7. The van der Waals surface area contributed by atoms with Gasteiger partial charge in [-0.3, -0.25) is 4.79 Å². The summed E-state index contributed by atoms with van der Waals surface area (Å²) in [7, 11) is 0. The average molecular weight is 170 g/mol. The first kappa shape index (κ1) is 9.52. The van der Waals surface area contributed by atoms with Gasteiger partial charge in [-0.25, -0.2) is 0 Å². The lowest BCUT2D eigenvalue weighted by Crippen LogP contribution is -2.43. The summed E-state index contributed by atoms with van der Waals surface area (Å²) < 4.78 is 0. The van der Waals surface area contributed by atoms with Crippen molar-refractivity contribution in [2.75, 3.05) is 19.6 Å². The zero-order valence-corrected chi connectivity index (χ0v) is 7.97. The third kappa shape index (κ3) is 1.97. The molecule has 3 nitrogen and oxygen atoms in total. The van der Waals surface area contributed by atoms with E-state index in [0.717, 1.165) is 32.5 Å². The molecule has 3 heteroatoms. The van der Waals surface area contributed by atoms with Gasteiger partial charge in [0.05, 0.1) is 6.04 Å². The lowest BCUT2D eigenvalue weighted by Gasteiger charge is -2.22. The number of hydrogen-bond donors (Lipinski definition) is 1. The lowest BCUT2D eigenvalue weighted by atomic mass is 10.2. The molecule has 0 saturated carbocycles. The minimum absolute atomic E-state index is 0.102. The van der Waals surface area contributed by atoms with Crippen molar-refractivity contribution >= 4 is 5.91 Å². The molecule has 1 heterocycles. The normalized spacial score (nSPS) is 22.7. The van der Waals surface area contributed by atoms with Gasteiger partial charge < -0.3 is 10.2 Å². The molecular weight excluding hydrogens is 152 g/mol. The molecule has 0 unspecified atom stereocenters. The summed E-state index contributed by atoms with van der Waals surface area (Å²) in [5.41, 5.74) is 0. The van der Waals surface area contributed by atoms with Crippen LogP contribution in [0.5, 0.6) is 0 Å². The molecule has 12 heavy (non-hydrogen) atoms. The molecule has 0 aromatic heterocycles. The lowest BCUT2D eigenvalue weighted by molar-refractivity contribution is -0.132. The van der Waals surface area contributed by atoms with E-state index in [-0.39, 0.29) is 11.9 Å². The predicted octanol–water partition coefficient (Wildman–Crippen LogP) is 0.607. The first-order valence-corrected chi connectivity index (χ1v) is 4.81. The molecular formula is C9H18N2O. The van der Waals surface area contributed by atoms with Gasteiger partial charge in [0, 0.05) is 13.1 Å². The van der Waals surface area contributed by atoms with Crippen LogP contribution in [0.15, 0.2) is 0 Å². The quantitative estimate of drug-likeness (QED) is 0.673. The SMILES string of the molecule is CCN(CC)C(=O)[C@@H]1CCCN1. The Morgan fingerprint density at radius 1 is 1.50 bits per heavy atom. The van der Waals surface area contributed by atoms with Crippen LogP contribution in [0.3, 0.4) is 0 Å². The third-order valence-corrected chi connectivity index (χ3v) is 2.43. The van der Waals surface area contributed by atoms with Gasteiger partial charge in [-0.15, -0.1) is 0 Å². The first-order valence-electron chi connectivity index (χ1n) is 4.81.